The Kier molecular flexibility index (Phi) is 4.53. The second-order valence-corrected chi connectivity index (χ2v) is 7.45. The van der Waals surface area contributed by atoms with Gasteiger partial charge in [0.1, 0.15) is 10.7 Å². The Morgan fingerprint density at radius 1 is 1.00 bits per heavy atom. The van der Waals surface area contributed by atoms with Crippen LogP contribution in [-0.4, -0.2) is 8.42 Å². The molecule has 3 nitrogen and oxygen atoms in total. The Labute approximate surface area is 137 Å². The minimum atomic E-state index is -3.73. The van der Waals surface area contributed by atoms with E-state index in [4.69, 9.17) is 4.18 Å². The summed E-state index contributed by atoms with van der Waals surface area (Å²) in [5.74, 6) is 0.989. The van der Waals surface area contributed by atoms with Crippen LogP contribution in [0.2, 0.25) is 0 Å². The Hall–Kier alpha value is -2.07. The molecule has 120 valence electrons. The smallest absolute Gasteiger partial charge is 0.338 e. The van der Waals surface area contributed by atoms with Gasteiger partial charge in [-0.05, 0) is 49.5 Å². The van der Waals surface area contributed by atoms with E-state index in [1.165, 1.54) is 5.56 Å². The van der Waals surface area contributed by atoms with Crippen LogP contribution < -0.4 is 0 Å². The van der Waals surface area contributed by atoms with Gasteiger partial charge in [0.25, 0.3) is 0 Å². The van der Waals surface area contributed by atoms with Crippen LogP contribution >= 0.6 is 0 Å². The molecule has 2 aromatic carbocycles. The minimum absolute atomic E-state index is 0.203. The highest BCUT2D eigenvalue weighted by atomic mass is 32.2. The van der Waals surface area contributed by atoms with Crippen molar-refractivity contribution in [2.24, 2.45) is 0 Å². The highest BCUT2D eigenvalue weighted by molar-refractivity contribution is 7.86. The summed E-state index contributed by atoms with van der Waals surface area (Å²) in [6.07, 6.45) is 4.26. The van der Waals surface area contributed by atoms with Gasteiger partial charge in [-0.2, -0.15) is 8.42 Å². The van der Waals surface area contributed by atoms with Gasteiger partial charge < -0.3 is 4.18 Å². The molecule has 1 aliphatic rings. The van der Waals surface area contributed by atoms with Gasteiger partial charge in [0.05, 0.1) is 0 Å². The van der Waals surface area contributed by atoms with Crippen LogP contribution in [0.5, 0.6) is 0 Å². The van der Waals surface area contributed by atoms with E-state index in [9.17, 15) is 8.42 Å². The van der Waals surface area contributed by atoms with Crippen molar-refractivity contribution in [3.63, 3.8) is 0 Å². The summed E-state index contributed by atoms with van der Waals surface area (Å²) in [6, 6.07) is 17.0. The third kappa shape index (κ3) is 3.82. The lowest BCUT2D eigenvalue weighted by atomic mass is 9.87. The molecular formula is C19H20O3S. The summed E-state index contributed by atoms with van der Waals surface area (Å²) in [7, 11) is -3.73. The fourth-order valence-electron chi connectivity index (χ4n) is 2.81. The number of rotatable bonds is 4. The Morgan fingerprint density at radius 2 is 1.70 bits per heavy atom. The first kappa shape index (κ1) is 15.8. The summed E-state index contributed by atoms with van der Waals surface area (Å²) in [6.45, 7) is 1.92. The molecule has 0 fully saturated rings. The summed E-state index contributed by atoms with van der Waals surface area (Å²) in [5, 5.41) is 0. The third-order valence-corrected chi connectivity index (χ3v) is 5.45. The summed E-state index contributed by atoms with van der Waals surface area (Å²) in [4.78, 5) is 0.203. The van der Waals surface area contributed by atoms with Gasteiger partial charge >= 0.3 is 10.1 Å². The van der Waals surface area contributed by atoms with Crippen molar-refractivity contribution in [2.45, 2.75) is 37.0 Å². The molecule has 1 aliphatic carbocycles. The molecule has 2 aromatic rings. The fraction of sp³-hybridized carbons (Fsp3) is 0.263. The average Bonchev–Trinajstić information content (AvgIpc) is 2.56. The summed E-state index contributed by atoms with van der Waals surface area (Å²) in [5.41, 5.74) is 2.32. The molecule has 0 spiro atoms. The van der Waals surface area contributed by atoms with Crippen LogP contribution in [0.1, 0.15) is 36.3 Å². The quantitative estimate of drug-likeness (QED) is 0.773. The lowest BCUT2D eigenvalue weighted by Crippen LogP contribution is -2.11. The highest BCUT2D eigenvalue weighted by Gasteiger charge is 2.22. The van der Waals surface area contributed by atoms with Crippen LogP contribution in [0, 0.1) is 6.92 Å². The first-order chi connectivity index (χ1) is 11.0. The molecule has 0 aromatic heterocycles. The lowest BCUT2D eigenvalue weighted by molar-refractivity contribution is 0.367. The van der Waals surface area contributed by atoms with E-state index in [1.807, 2.05) is 31.2 Å². The lowest BCUT2D eigenvalue weighted by Gasteiger charge is -2.22. The molecule has 3 rings (SSSR count). The van der Waals surface area contributed by atoms with Crippen molar-refractivity contribution in [3.05, 3.63) is 77.6 Å². The first-order valence-corrected chi connectivity index (χ1v) is 9.20. The van der Waals surface area contributed by atoms with Crippen molar-refractivity contribution >= 4 is 10.1 Å². The van der Waals surface area contributed by atoms with E-state index >= 15 is 0 Å². The SMILES string of the molecule is Cc1ccc(S(=O)(=O)OC2=CCC(c3ccccc3)CC2)cc1. The van der Waals surface area contributed by atoms with Crippen molar-refractivity contribution in [2.75, 3.05) is 0 Å². The largest absolute Gasteiger partial charge is 0.384 e. The van der Waals surface area contributed by atoms with E-state index in [0.717, 1.165) is 18.4 Å². The molecule has 0 amide bonds. The van der Waals surface area contributed by atoms with E-state index in [-0.39, 0.29) is 4.90 Å². The zero-order valence-electron chi connectivity index (χ0n) is 13.1. The Balaban J connectivity index is 1.69. The topological polar surface area (TPSA) is 43.4 Å². The van der Waals surface area contributed by atoms with Crippen molar-refractivity contribution in [3.8, 4) is 0 Å². The van der Waals surface area contributed by atoms with Gasteiger partial charge in [-0.3, -0.25) is 0 Å². The Morgan fingerprint density at radius 3 is 2.30 bits per heavy atom. The van der Waals surface area contributed by atoms with E-state index < -0.39 is 10.1 Å². The molecule has 0 radical (unpaired) electrons. The van der Waals surface area contributed by atoms with Gasteiger partial charge in [-0.1, -0.05) is 48.0 Å². The third-order valence-electron chi connectivity index (χ3n) is 4.17. The zero-order chi connectivity index (χ0) is 16.3. The molecular weight excluding hydrogens is 308 g/mol. The summed E-state index contributed by atoms with van der Waals surface area (Å²) >= 11 is 0. The highest BCUT2D eigenvalue weighted by Crippen LogP contribution is 2.33. The standard InChI is InChI=1S/C19H20O3S/c1-15-7-13-19(14-8-15)23(20,21)22-18-11-9-17(10-12-18)16-5-3-2-4-6-16/h2-8,11,13-14,17H,9-10,12H2,1H3. The fourth-order valence-corrected chi connectivity index (χ4v) is 3.81. The maximum absolute atomic E-state index is 12.3. The van der Waals surface area contributed by atoms with Crippen molar-refractivity contribution < 1.29 is 12.6 Å². The second-order valence-electron chi connectivity index (χ2n) is 5.90. The molecule has 4 heteroatoms. The molecule has 0 heterocycles. The Bertz CT molecular complexity index is 790. The normalized spacial score (nSPS) is 18.3. The molecule has 23 heavy (non-hydrogen) atoms. The van der Waals surface area contributed by atoms with Crippen molar-refractivity contribution in [1.82, 2.24) is 0 Å². The van der Waals surface area contributed by atoms with Gasteiger partial charge in [0.2, 0.25) is 0 Å². The van der Waals surface area contributed by atoms with E-state index in [2.05, 4.69) is 12.1 Å². The first-order valence-electron chi connectivity index (χ1n) is 7.80. The van der Waals surface area contributed by atoms with Crippen LogP contribution in [0.4, 0.5) is 0 Å². The average molecular weight is 328 g/mol. The van der Waals surface area contributed by atoms with E-state index in [0.29, 0.717) is 18.1 Å². The van der Waals surface area contributed by atoms with Gasteiger partial charge in [-0.15, -0.1) is 0 Å². The van der Waals surface area contributed by atoms with E-state index in [1.54, 1.807) is 24.3 Å². The maximum Gasteiger partial charge on any atom is 0.338 e. The zero-order valence-corrected chi connectivity index (χ0v) is 13.9. The number of hydrogen-bond donors (Lipinski definition) is 0. The number of benzene rings is 2. The molecule has 0 N–H and O–H groups in total. The molecule has 0 aliphatic heterocycles. The number of hydrogen-bond acceptors (Lipinski definition) is 3. The second kappa shape index (κ2) is 6.59. The van der Waals surface area contributed by atoms with Gasteiger partial charge in [-0.25, -0.2) is 0 Å². The van der Waals surface area contributed by atoms with Crippen LogP contribution in [0.3, 0.4) is 0 Å². The van der Waals surface area contributed by atoms with Crippen LogP contribution in [-0.2, 0) is 14.3 Å². The molecule has 0 saturated heterocycles. The number of aryl methyl sites for hydroxylation is 1. The molecule has 1 atom stereocenters. The predicted octanol–water partition coefficient (Wildman–Crippen LogP) is 4.55. The summed E-state index contributed by atoms with van der Waals surface area (Å²) < 4.78 is 29.9. The minimum Gasteiger partial charge on any atom is -0.384 e. The molecule has 0 saturated carbocycles. The predicted molar refractivity (Wildman–Crippen MR) is 90.6 cm³/mol. The molecule has 1 unspecified atom stereocenters. The van der Waals surface area contributed by atoms with Crippen molar-refractivity contribution in [1.29, 1.82) is 0 Å². The van der Waals surface area contributed by atoms with Gasteiger partial charge in [0, 0.05) is 6.42 Å². The molecule has 0 bridgehead atoms. The van der Waals surface area contributed by atoms with Gasteiger partial charge in [0.15, 0.2) is 0 Å². The number of allylic oxidation sites excluding steroid dienone is 2. The maximum atomic E-state index is 12.3. The van der Waals surface area contributed by atoms with Crippen LogP contribution in [0.15, 0.2) is 71.3 Å². The monoisotopic (exact) mass is 328 g/mol. The van der Waals surface area contributed by atoms with Crippen LogP contribution in [0.25, 0.3) is 0 Å².